The van der Waals surface area contributed by atoms with E-state index < -0.39 is 35.1 Å². The fraction of sp³-hybridized carbons (Fsp3) is 0.308. The van der Waals surface area contributed by atoms with Crippen molar-refractivity contribution in [2.24, 2.45) is 0 Å². The number of urea groups is 1. The lowest BCUT2D eigenvalue weighted by atomic mass is 10.2. The monoisotopic (exact) mass is 325 g/mol. The highest BCUT2D eigenvalue weighted by Crippen LogP contribution is 2.27. The van der Waals surface area contributed by atoms with Gasteiger partial charge in [-0.25, -0.2) is 9.59 Å². The summed E-state index contributed by atoms with van der Waals surface area (Å²) in [7, 11) is 1.26. The molecule has 10 nitrogen and oxygen atoms in total. The van der Waals surface area contributed by atoms with Gasteiger partial charge >= 0.3 is 17.7 Å². The van der Waals surface area contributed by atoms with Gasteiger partial charge in [0.05, 0.1) is 17.6 Å². The number of carbonyl (C=O) groups is 3. The van der Waals surface area contributed by atoms with Crippen LogP contribution in [0.15, 0.2) is 18.2 Å². The second kappa shape index (κ2) is 8.32. The number of methoxy groups -OCH3 is 1. The molecule has 1 rings (SSSR count). The summed E-state index contributed by atoms with van der Waals surface area (Å²) < 4.78 is 9.49. The zero-order valence-corrected chi connectivity index (χ0v) is 12.5. The molecule has 0 aliphatic heterocycles. The third-order valence-corrected chi connectivity index (χ3v) is 2.54. The fourth-order valence-electron chi connectivity index (χ4n) is 1.54. The molecule has 0 radical (unpaired) electrons. The van der Waals surface area contributed by atoms with Crippen LogP contribution in [0.2, 0.25) is 0 Å². The first kappa shape index (κ1) is 17.9. The van der Waals surface area contributed by atoms with Gasteiger partial charge in [-0.05, 0) is 19.1 Å². The Kier molecular flexibility index (Phi) is 6.46. The van der Waals surface area contributed by atoms with Crippen molar-refractivity contribution in [1.82, 2.24) is 10.6 Å². The Balaban J connectivity index is 2.68. The normalized spacial score (nSPS) is 9.65. The van der Waals surface area contributed by atoms with E-state index in [1.165, 1.54) is 19.2 Å². The van der Waals surface area contributed by atoms with Crippen LogP contribution in [0.3, 0.4) is 0 Å². The Morgan fingerprint density at radius 3 is 2.57 bits per heavy atom. The van der Waals surface area contributed by atoms with E-state index in [4.69, 9.17) is 4.74 Å². The quantitative estimate of drug-likeness (QED) is 0.444. The lowest BCUT2D eigenvalue weighted by Gasteiger charge is -2.07. The first-order valence-corrected chi connectivity index (χ1v) is 6.46. The number of carbonyl (C=O) groups excluding carboxylic acids is 3. The SMILES string of the molecule is CCNC(=O)NC(=O)COC(=O)c1ccc(OC)c([N+](=O)[O-])c1. The van der Waals surface area contributed by atoms with Gasteiger partial charge in [-0.15, -0.1) is 0 Å². The van der Waals surface area contributed by atoms with Crippen LogP contribution >= 0.6 is 0 Å². The van der Waals surface area contributed by atoms with Gasteiger partial charge in [-0.2, -0.15) is 0 Å². The third-order valence-electron chi connectivity index (χ3n) is 2.54. The second-order valence-corrected chi connectivity index (χ2v) is 4.13. The van der Waals surface area contributed by atoms with Gasteiger partial charge in [0, 0.05) is 12.6 Å². The van der Waals surface area contributed by atoms with E-state index in [9.17, 15) is 24.5 Å². The molecule has 10 heteroatoms. The highest BCUT2D eigenvalue weighted by molar-refractivity contribution is 5.97. The molecule has 0 aliphatic carbocycles. The molecule has 0 fully saturated rings. The molecule has 0 spiro atoms. The summed E-state index contributed by atoms with van der Waals surface area (Å²) in [5, 5.41) is 15.1. The summed E-state index contributed by atoms with van der Waals surface area (Å²) in [6, 6.07) is 2.76. The standard InChI is InChI=1S/C13H15N3O7/c1-3-14-13(19)15-11(17)7-23-12(18)8-4-5-10(22-2)9(6-8)16(20)21/h4-6H,3,7H2,1-2H3,(H2,14,15,17,19). The van der Waals surface area contributed by atoms with E-state index >= 15 is 0 Å². The van der Waals surface area contributed by atoms with Crippen LogP contribution in [0.5, 0.6) is 5.75 Å². The molecule has 0 saturated heterocycles. The number of imide groups is 1. The number of nitrogens with zero attached hydrogens (tertiary/aromatic N) is 1. The van der Waals surface area contributed by atoms with Crippen LogP contribution in [0, 0.1) is 10.1 Å². The van der Waals surface area contributed by atoms with Gasteiger partial charge in [-0.1, -0.05) is 0 Å². The highest BCUT2D eigenvalue weighted by Gasteiger charge is 2.19. The maximum atomic E-state index is 11.8. The molecule has 0 atom stereocenters. The highest BCUT2D eigenvalue weighted by atomic mass is 16.6. The molecule has 0 aliphatic rings. The largest absolute Gasteiger partial charge is 0.490 e. The van der Waals surface area contributed by atoms with Gasteiger partial charge in [-0.3, -0.25) is 20.2 Å². The van der Waals surface area contributed by atoms with Crippen LogP contribution in [-0.2, 0) is 9.53 Å². The molecule has 0 saturated carbocycles. The van der Waals surface area contributed by atoms with Crippen molar-refractivity contribution in [2.45, 2.75) is 6.92 Å². The number of esters is 1. The average Bonchev–Trinajstić information content (AvgIpc) is 2.52. The molecule has 0 bridgehead atoms. The minimum absolute atomic E-state index is 0.0134. The van der Waals surface area contributed by atoms with Gasteiger partial charge in [0.2, 0.25) is 0 Å². The van der Waals surface area contributed by atoms with Crippen molar-refractivity contribution in [3.8, 4) is 5.75 Å². The smallest absolute Gasteiger partial charge is 0.338 e. The topological polar surface area (TPSA) is 137 Å². The predicted molar refractivity (Wildman–Crippen MR) is 77.1 cm³/mol. The number of hydrogen-bond acceptors (Lipinski definition) is 7. The molecular formula is C13H15N3O7. The summed E-state index contributed by atoms with van der Waals surface area (Å²) in [5.74, 6) is -1.78. The molecule has 3 amide bonds. The van der Waals surface area contributed by atoms with Crippen molar-refractivity contribution in [2.75, 3.05) is 20.3 Å². The lowest BCUT2D eigenvalue weighted by molar-refractivity contribution is -0.385. The zero-order chi connectivity index (χ0) is 17.4. The molecule has 23 heavy (non-hydrogen) atoms. The first-order chi connectivity index (χ1) is 10.9. The molecule has 2 N–H and O–H groups in total. The molecular weight excluding hydrogens is 310 g/mol. The van der Waals surface area contributed by atoms with Crippen LogP contribution in [0.4, 0.5) is 10.5 Å². The van der Waals surface area contributed by atoms with Gasteiger partial charge < -0.3 is 14.8 Å². The number of rotatable bonds is 6. The van der Waals surface area contributed by atoms with E-state index in [2.05, 4.69) is 10.1 Å². The summed E-state index contributed by atoms with van der Waals surface area (Å²) in [4.78, 5) is 44.4. The van der Waals surface area contributed by atoms with Crippen LogP contribution in [0.1, 0.15) is 17.3 Å². The number of nitro benzene ring substituents is 1. The first-order valence-electron chi connectivity index (χ1n) is 6.46. The average molecular weight is 325 g/mol. The number of hydrogen-bond donors (Lipinski definition) is 2. The van der Waals surface area contributed by atoms with Crippen molar-refractivity contribution >= 4 is 23.6 Å². The maximum Gasteiger partial charge on any atom is 0.338 e. The summed E-state index contributed by atoms with van der Waals surface area (Å²) in [6.45, 7) is 1.30. The van der Waals surface area contributed by atoms with Gasteiger partial charge in [0.25, 0.3) is 5.91 Å². The lowest BCUT2D eigenvalue weighted by Crippen LogP contribution is -2.41. The molecule has 0 unspecified atom stereocenters. The minimum Gasteiger partial charge on any atom is -0.490 e. The van der Waals surface area contributed by atoms with E-state index in [0.29, 0.717) is 6.54 Å². The summed E-state index contributed by atoms with van der Waals surface area (Å²) in [6.07, 6.45) is 0. The van der Waals surface area contributed by atoms with Crippen LogP contribution < -0.4 is 15.4 Å². The van der Waals surface area contributed by atoms with Crippen molar-refractivity contribution < 1.29 is 28.8 Å². The van der Waals surface area contributed by atoms with Crippen molar-refractivity contribution in [1.29, 1.82) is 0 Å². The number of benzene rings is 1. The number of ether oxygens (including phenoxy) is 2. The van der Waals surface area contributed by atoms with Crippen LogP contribution in [-0.4, -0.2) is 43.1 Å². The second-order valence-electron chi connectivity index (χ2n) is 4.13. The molecule has 124 valence electrons. The summed E-state index contributed by atoms with van der Waals surface area (Å²) in [5.41, 5.74) is -0.531. The molecule has 1 aromatic rings. The predicted octanol–water partition coefficient (Wildman–Crippen LogP) is 0.606. The number of amides is 3. The fourth-order valence-corrected chi connectivity index (χ4v) is 1.54. The Morgan fingerprint density at radius 2 is 2.00 bits per heavy atom. The Labute approximate surface area is 130 Å². The van der Waals surface area contributed by atoms with Gasteiger partial charge in [0.15, 0.2) is 12.4 Å². The summed E-state index contributed by atoms with van der Waals surface area (Å²) >= 11 is 0. The van der Waals surface area contributed by atoms with Crippen molar-refractivity contribution in [3.63, 3.8) is 0 Å². The van der Waals surface area contributed by atoms with Gasteiger partial charge in [0.1, 0.15) is 0 Å². The Bertz CT molecular complexity index is 630. The minimum atomic E-state index is -0.943. The van der Waals surface area contributed by atoms with E-state index in [1.807, 2.05) is 5.32 Å². The molecule has 0 aromatic heterocycles. The van der Waals surface area contributed by atoms with E-state index in [0.717, 1.165) is 6.07 Å². The molecule has 0 heterocycles. The zero-order valence-electron chi connectivity index (χ0n) is 12.5. The third kappa shape index (κ3) is 5.26. The van der Waals surface area contributed by atoms with E-state index in [-0.39, 0.29) is 11.3 Å². The Morgan fingerprint density at radius 1 is 1.30 bits per heavy atom. The number of nitrogens with one attached hydrogen (secondary N) is 2. The molecule has 1 aromatic carbocycles. The maximum absolute atomic E-state index is 11.8. The number of nitro groups is 1. The van der Waals surface area contributed by atoms with E-state index in [1.54, 1.807) is 6.92 Å². The van der Waals surface area contributed by atoms with Crippen LogP contribution in [0.25, 0.3) is 0 Å². The van der Waals surface area contributed by atoms with Crippen molar-refractivity contribution in [3.05, 3.63) is 33.9 Å². The Hall–Kier alpha value is -3.17.